The van der Waals surface area contributed by atoms with E-state index in [0.717, 1.165) is 133 Å². The Labute approximate surface area is 429 Å². The Morgan fingerprint density at radius 2 is 0.870 bits per heavy atom. The molecule has 0 unspecified atom stereocenters. The number of rotatable bonds is 40. The molecule has 0 atom stereocenters. The van der Waals surface area contributed by atoms with Crippen molar-refractivity contribution in [3.8, 4) is 11.5 Å². The number of benzene rings is 2. The van der Waals surface area contributed by atoms with Crippen LogP contribution in [0.4, 0.5) is 0 Å². The smallest absolute Gasteiger partial charge is 0.391 e. The van der Waals surface area contributed by atoms with Gasteiger partial charge in [-0.25, -0.2) is 0 Å². The zero-order valence-corrected chi connectivity index (χ0v) is 49.2. The van der Waals surface area contributed by atoms with Crippen molar-refractivity contribution >= 4 is 17.2 Å². The molecule has 4 N–H and O–H groups in total. The van der Waals surface area contributed by atoms with E-state index in [-0.39, 0.29) is 10.8 Å². The highest BCUT2D eigenvalue weighted by atomic mass is 31.2. The van der Waals surface area contributed by atoms with E-state index in [9.17, 15) is 19.6 Å². The summed E-state index contributed by atoms with van der Waals surface area (Å²) < 4.78 is 12.9. The first-order chi connectivity index (χ1) is 32.6. The quantitative estimate of drug-likeness (QED) is 0.0392. The molecule has 400 valence electrons. The van der Waals surface area contributed by atoms with Crippen molar-refractivity contribution < 1.29 is 28.6 Å². The van der Waals surface area contributed by atoms with Gasteiger partial charge < -0.3 is 28.6 Å². The first kappa shape index (κ1) is 63.9. The first-order valence-corrected chi connectivity index (χ1v) is 31.0. The van der Waals surface area contributed by atoms with Crippen LogP contribution in [0.15, 0.2) is 24.3 Å². The van der Waals surface area contributed by atoms with Gasteiger partial charge >= 0.3 is 17.2 Å². The lowest BCUT2D eigenvalue weighted by molar-refractivity contribution is 0.337. The highest BCUT2D eigenvalue weighted by Gasteiger charge is 2.44. The monoisotopic (exact) mass is 1000 g/mol. The summed E-state index contributed by atoms with van der Waals surface area (Å²) >= 11 is 0. The van der Waals surface area contributed by atoms with Crippen molar-refractivity contribution in [2.24, 2.45) is 23.7 Å². The molecule has 0 bridgehead atoms. The Morgan fingerprint density at radius 1 is 0.449 bits per heavy atom. The molecule has 2 rings (SSSR count). The lowest BCUT2D eigenvalue weighted by atomic mass is 9.62. The Morgan fingerprint density at radius 3 is 1.32 bits per heavy atom. The average Bonchev–Trinajstić information content (AvgIpc) is 3.24. The summed E-state index contributed by atoms with van der Waals surface area (Å²) in [6.45, 7) is 32.8. The second-order valence-corrected chi connectivity index (χ2v) is 25.8. The largest absolute Gasteiger partial charge is 0.427 e. The lowest BCUT2D eigenvalue weighted by Crippen LogP contribution is -2.34. The van der Waals surface area contributed by atoms with Gasteiger partial charge in [0.2, 0.25) is 0 Å². The number of hydrogen-bond acceptors (Lipinski definition) is 6. The topological polar surface area (TPSA) is 99.4 Å². The van der Waals surface area contributed by atoms with Gasteiger partial charge in [-0.3, -0.25) is 0 Å². The van der Waals surface area contributed by atoms with Crippen molar-refractivity contribution in [2.75, 3.05) is 0 Å². The van der Waals surface area contributed by atoms with E-state index in [0.29, 0.717) is 35.2 Å². The molecule has 0 aliphatic heterocycles. The van der Waals surface area contributed by atoms with E-state index < -0.39 is 22.6 Å². The van der Waals surface area contributed by atoms with Crippen LogP contribution in [-0.4, -0.2) is 19.6 Å². The van der Waals surface area contributed by atoms with Gasteiger partial charge in [0.15, 0.2) is 0 Å². The van der Waals surface area contributed by atoms with E-state index in [1.165, 1.54) is 80.0 Å². The second-order valence-electron chi connectivity index (χ2n) is 24.4. The fourth-order valence-corrected chi connectivity index (χ4v) is 12.0. The van der Waals surface area contributed by atoms with E-state index in [1.807, 2.05) is 6.07 Å². The summed E-state index contributed by atoms with van der Waals surface area (Å²) in [4.78, 5) is 43.9. The Bertz CT molecular complexity index is 1650. The molecule has 0 spiro atoms. The van der Waals surface area contributed by atoms with Gasteiger partial charge in [-0.05, 0) is 120 Å². The summed E-state index contributed by atoms with van der Waals surface area (Å²) in [6.07, 6.45) is 30.5. The Kier molecular flexibility index (Phi) is 31.0. The molecule has 0 saturated heterocycles. The van der Waals surface area contributed by atoms with Gasteiger partial charge in [-0.2, -0.15) is 0 Å². The summed E-state index contributed by atoms with van der Waals surface area (Å²) in [5.74, 6) is 3.71. The number of unbranched alkanes of at least 4 members (excludes halogenated alkanes) is 12. The molecule has 0 saturated carbocycles. The van der Waals surface area contributed by atoms with Gasteiger partial charge in [0, 0.05) is 16.5 Å². The zero-order valence-electron chi connectivity index (χ0n) is 47.4. The van der Waals surface area contributed by atoms with Crippen molar-refractivity contribution in [1.29, 1.82) is 0 Å². The minimum Gasteiger partial charge on any atom is -0.427 e. The van der Waals surface area contributed by atoms with Crippen molar-refractivity contribution in [3.05, 3.63) is 57.6 Å². The van der Waals surface area contributed by atoms with Crippen molar-refractivity contribution in [3.63, 3.8) is 0 Å². The third kappa shape index (κ3) is 23.2. The van der Waals surface area contributed by atoms with E-state index in [4.69, 9.17) is 9.05 Å². The highest BCUT2D eigenvalue weighted by molar-refractivity contribution is 7.40. The van der Waals surface area contributed by atoms with Crippen LogP contribution in [0.1, 0.15) is 297 Å². The van der Waals surface area contributed by atoms with Gasteiger partial charge in [0.1, 0.15) is 11.5 Å². The second kappa shape index (κ2) is 33.5. The number of hydrogen-bond donors (Lipinski definition) is 4. The summed E-state index contributed by atoms with van der Waals surface area (Å²) in [5, 5.41) is 0. The maximum absolute atomic E-state index is 11.1. The van der Waals surface area contributed by atoms with Crippen LogP contribution in [-0.2, 0) is 29.1 Å². The first-order valence-electron chi connectivity index (χ1n) is 28.7. The van der Waals surface area contributed by atoms with Crippen LogP contribution in [0.25, 0.3) is 0 Å². The standard InChI is InChI=1S/C61H110O6P2/c1-15-17-29-41-59(11,12)52-39-40-55(66-68(62)63)54(46-52)61(43-31-21-25-35-49(7)8,44-32-22-26-36-50(9)10)58-53(38-28-20-24-34-48(5)6)57(60(13,14)42-30-18-16-2)51(45-56(58)67-69(64)65)37-27-19-23-33-47(3)4/h39-40,45-50,62-65H,15-38,41-44H2,1-14H3. The summed E-state index contributed by atoms with van der Waals surface area (Å²) in [6, 6.07) is 8.83. The minimum absolute atomic E-state index is 0.138. The molecule has 0 aliphatic carbocycles. The van der Waals surface area contributed by atoms with Crippen LogP contribution in [0.3, 0.4) is 0 Å². The van der Waals surface area contributed by atoms with E-state index in [2.05, 4.69) is 115 Å². The van der Waals surface area contributed by atoms with E-state index >= 15 is 0 Å². The molecule has 0 radical (unpaired) electrons. The molecule has 2 aromatic carbocycles. The highest BCUT2D eigenvalue weighted by Crippen LogP contribution is 2.56. The van der Waals surface area contributed by atoms with Crippen LogP contribution in [0.5, 0.6) is 11.5 Å². The molecule has 0 aliphatic rings. The van der Waals surface area contributed by atoms with Gasteiger partial charge in [0.25, 0.3) is 0 Å². The van der Waals surface area contributed by atoms with Crippen LogP contribution < -0.4 is 9.05 Å². The van der Waals surface area contributed by atoms with Gasteiger partial charge in [0.05, 0.1) is 0 Å². The van der Waals surface area contributed by atoms with Crippen LogP contribution in [0, 0.1) is 23.7 Å². The Balaban J connectivity index is 3.43. The summed E-state index contributed by atoms with van der Waals surface area (Å²) in [5.41, 5.74) is 6.43. The molecule has 69 heavy (non-hydrogen) atoms. The fraction of sp³-hybridized carbons (Fsp3) is 0.803. The summed E-state index contributed by atoms with van der Waals surface area (Å²) in [7, 11) is -5.47. The molecule has 2 aromatic rings. The molecule has 0 amide bonds. The van der Waals surface area contributed by atoms with Gasteiger partial charge in [-0.15, -0.1) is 0 Å². The maximum atomic E-state index is 11.1. The molecule has 6 nitrogen and oxygen atoms in total. The van der Waals surface area contributed by atoms with Crippen molar-refractivity contribution in [2.45, 2.75) is 293 Å². The predicted octanol–water partition coefficient (Wildman–Crippen LogP) is 19.6. The maximum Gasteiger partial charge on any atom is 0.391 e. The SMILES string of the molecule is CCCCCC(C)(C)c1ccc(OP(O)O)c(C(CCCCCC(C)C)(CCCCCC(C)C)c2c(OP(O)O)cc(CCCCCC(C)C)c(C(C)(C)CCCCC)c2CCCCCC(C)C)c1. The molecule has 0 aromatic heterocycles. The van der Waals surface area contributed by atoms with Gasteiger partial charge in [-0.1, -0.05) is 237 Å². The van der Waals surface area contributed by atoms with Crippen molar-refractivity contribution in [1.82, 2.24) is 0 Å². The van der Waals surface area contributed by atoms with E-state index in [1.54, 1.807) is 0 Å². The van der Waals surface area contributed by atoms with Crippen LogP contribution >= 0.6 is 17.2 Å². The average molecular weight is 1000 g/mol. The van der Waals surface area contributed by atoms with Crippen LogP contribution in [0.2, 0.25) is 0 Å². The number of aryl methyl sites for hydroxylation is 1. The molecule has 0 heterocycles. The predicted molar refractivity (Wildman–Crippen MR) is 302 cm³/mol. The zero-order chi connectivity index (χ0) is 51.6. The normalized spacial score (nSPS) is 12.9. The molecular formula is C61H110O6P2. The molecule has 0 fully saturated rings. The minimum atomic E-state index is -2.75. The molecule has 8 heteroatoms. The lowest BCUT2D eigenvalue weighted by Gasteiger charge is -2.43. The molecular weight excluding hydrogens is 891 g/mol. The third-order valence-electron chi connectivity index (χ3n) is 15.3. The third-order valence-corrected chi connectivity index (χ3v) is 16.0. The fourth-order valence-electron chi connectivity index (χ4n) is 11.3. The Hall–Kier alpha value is -1.26.